The molecule has 0 saturated carbocycles. The zero-order chi connectivity index (χ0) is 22.7. The van der Waals surface area contributed by atoms with Crippen molar-refractivity contribution in [1.29, 1.82) is 0 Å². The number of esters is 1. The molecule has 2 heterocycles. The number of piperidine rings is 1. The Kier molecular flexibility index (Phi) is 6.83. The van der Waals surface area contributed by atoms with E-state index in [0.29, 0.717) is 60.4 Å². The predicted molar refractivity (Wildman–Crippen MR) is 117 cm³/mol. The SMILES string of the molecule is C=C(C)COc1cc(C)cc2oc(=O)c(CC(=O)N3CCC(C(=O)OC)CC3)c(C)c12. The van der Waals surface area contributed by atoms with Crippen LogP contribution in [0.4, 0.5) is 0 Å². The van der Waals surface area contributed by atoms with Crippen LogP contribution in [0.25, 0.3) is 11.0 Å². The van der Waals surface area contributed by atoms with Crippen molar-refractivity contribution in [3.8, 4) is 5.75 Å². The minimum atomic E-state index is -0.515. The maximum Gasteiger partial charge on any atom is 0.340 e. The summed E-state index contributed by atoms with van der Waals surface area (Å²) in [5, 5.41) is 0.693. The fourth-order valence-corrected chi connectivity index (χ4v) is 3.95. The van der Waals surface area contributed by atoms with Crippen LogP contribution >= 0.6 is 0 Å². The van der Waals surface area contributed by atoms with Gasteiger partial charge < -0.3 is 18.8 Å². The molecule has 0 N–H and O–H groups in total. The second-order valence-electron chi connectivity index (χ2n) is 8.23. The van der Waals surface area contributed by atoms with E-state index < -0.39 is 5.63 Å². The van der Waals surface area contributed by atoms with E-state index >= 15 is 0 Å². The van der Waals surface area contributed by atoms with Gasteiger partial charge in [0.15, 0.2) is 0 Å². The lowest BCUT2D eigenvalue weighted by Crippen LogP contribution is -2.41. The van der Waals surface area contributed by atoms with E-state index in [1.54, 1.807) is 11.0 Å². The molecule has 1 aliphatic rings. The molecule has 0 unspecified atom stereocenters. The number of amides is 1. The monoisotopic (exact) mass is 427 g/mol. The fraction of sp³-hybridized carbons (Fsp3) is 0.458. The third kappa shape index (κ3) is 4.98. The number of likely N-dealkylation sites (tertiary alicyclic amines) is 1. The number of hydrogen-bond donors (Lipinski definition) is 0. The quantitative estimate of drug-likeness (QED) is 0.399. The number of aryl methyl sites for hydroxylation is 2. The molecule has 0 atom stereocenters. The number of hydrogen-bond acceptors (Lipinski definition) is 6. The third-order valence-corrected chi connectivity index (χ3v) is 5.67. The first-order chi connectivity index (χ1) is 14.7. The zero-order valence-corrected chi connectivity index (χ0v) is 18.6. The Morgan fingerprint density at radius 1 is 1.23 bits per heavy atom. The molecular weight excluding hydrogens is 398 g/mol. The lowest BCUT2D eigenvalue weighted by molar-refractivity contribution is -0.148. The van der Waals surface area contributed by atoms with Crippen LogP contribution < -0.4 is 10.4 Å². The van der Waals surface area contributed by atoms with Crippen LogP contribution in [0.5, 0.6) is 5.75 Å². The van der Waals surface area contributed by atoms with Crippen molar-refractivity contribution in [3.05, 3.63) is 51.4 Å². The van der Waals surface area contributed by atoms with Gasteiger partial charge in [-0.3, -0.25) is 9.59 Å². The molecule has 7 heteroatoms. The highest BCUT2D eigenvalue weighted by Crippen LogP contribution is 2.31. The van der Waals surface area contributed by atoms with Gasteiger partial charge in [0, 0.05) is 13.1 Å². The molecule has 3 rings (SSSR count). The number of ether oxygens (including phenoxy) is 2. The first-order valence-electron chi connectivity index (χ1n) is 10.4. The lowest BCUT2D eigenvalue weighted by atomic mass is 9.96. The third-order valence-electron chi connectivity index (χ3n) is 5.67. The Morgan fingerprint density at radius 2 is 1.90 bits per heavy atom. The first-order valence-corrected chi connectivity index (χ1v) is 10.4. The van der Waals surface area contributed by atoms with E-state index in [1.807, 2.05) is 26.8 Å². The van der Waals surface area contributed by atoms with Gasteiger partial charge in [-0.15, -0.1) is 0 Å². The fourth-order valence-electron chi connectivity index (χ4n) is 3.95. The van der Waals surface area contributed by atoms with Crippen molar-refractivity contribution in [3.63, 3.8) is 0 Å². The average Bonchev–Trinajstić information content (AvgIpc) is 2.73. The summed E-state index contributed by atoms with van der Waals surface area (Å²) < 4.78 is 16.3. The van der Waals surface area contributed by atoms with E-state index in [2.05, 4.69) is 6.58 Å². The maximum atomic E-state index is 12.9. The molecule has 2 aromatic rings. The standard InChI is InChI=1S/C24H29NO6/c1-14(2)13-30-19-10-15(3)11-20-22(19)16(4)18(24(28)31-20)12-21(26)25-8-6-17(7-9-25)23(27)29-5/h10-11,17H,1,6-9,12-13H2,2-5H3. The van der Waals surface area contributed by atoms with E-state index in [9.17, 15) is 14.4 Å². The van der Waals surface area contributed by atoms with E-state index in [-0.39, 0.29) is 24.2 Å². The average molecular weight is 427 g/mol. The Morgan fingerprint density at radius 3 is 2.52 bits per heavy atom. The van der Waals surface area contributed by atoms with Crippen LogP contribution in [-0.4, -0.2) is 43.6 Å². The number of nitrogens with zero attached hydrogens (tertiary/aromatic N) is 1. The van der Waals surface area contributed by atoms with Crippen molar-refractivity contribution in [2.24, 2.45) is 5.92 Å². The highest BCUT2D eigenvalue weighted by molar-refractivity contribution is 5.90. The summed E-state index contributed by atoms with van der Waals surface area (Å²) in [5.74, 6) is 0.0231. The summed E-state index contributed by atoms with van der Waals surface area (Å²) in [6.07, 6.45) is 1.06. The molecule has 7 nitrogen and oxygen atoms in total. The zero-order valence-electron chi connectivity index (χ0n) is 18.6. The van der Waals surface area contributed by atoms with Gasteiger partial charge >= 0.3 is 11.6 Å². The van der Waals surface area contributed by atoms with Crippen molar-refractivity contribution in [2.45, 2.75) is 40.0 Å². The molecule has 31 heavy (non-hydrogen) atoms. The Balaban J connectivity index is 1.87. The summed E-state index contributed by atoms with van der Waals surface area (Å²) in [4.78, 5) is 39.0. The topological polar surface area (TPSA) is 86.0 Å². The van der Waals surface area contributed by atoms with E-state index in [1.165, 1.54) is 7.11 Å². The molecule has 0 bridgehead atoms. The summed E-state index contributed by atoms with van der Waals surface area (Å²) in [6, 6.07) is 3.68. The molecule has 1 aromatic heterocycles. The molecule has 1 aliphatic heterocycles. The maximum absolute atomic E-state index is 12.9. The number of methoxy groups -OCH3 is 1. The summed E-state index contributed by atoms with van der Waals surface area (Å²) in [5.41, 5.74) is 2.71. The lowest BCUT2D eigenvalue weighted by Gasteiger charge is -2.30. The summed E-state index contributed by atoms with van der Waals surface area (Å²) >= 11 is 0. The highest BCUT2D eigenvalue weighted by atomic mass is 16.5. The summed E-state index contributed by atoms with van der Waals surface area (Å²) in [6.45, 7) is 10.7. The molecule has 1 saturated heterocycles. The molecule has 166 valence electrons. The molecular formula is C24H29NO6. The van der Waals surface area contributed by atoms with E-state index in [0.717, 1.165) is 11.1 Å². The first kappa shape index (κ1) is 22.6. The number of benzene rings is 1. The normalized spacial score (nSPS) is 14.5. The van der Waals surface area contributed by atoms with Crippen molar-refractivity contribution < 1.29 is 23.5 Å². The molecule has 1 amide bonds. The van der Waals surface area contributed by atoms with Crippen molar-refractivity contribution in [1.82, 2.24) is 4.90 Å². The smallest absolute Gasteiger partial charge is 0.340 e. The van der Waals surface area contributed by atoms with Crippen LogP contribution in [-0.2, 0) is 20.7 Å². The van der Waals surface area contributed by atoms with Gasteiger partial charge in [0.25, 0.3) is 0 Å². The van der Waals surface area contributed by atoms with Gasteiger partial charge in [0.05, 0.1) is 30.4 Å². The van der Waals surface area contributed by atoms with Crippen LogP contribution in [0.3, 0.4) is 0 Å². The van der Waals surface area contributed by atoms with Crippen LogP contribution in [0.1, 0.15) is 36.5 Å². The van der Waals surface area contributed by atoms with Gasteiger partial charge in [-0.25, -0.2) is 4.79 Å². The molecule has 0 spiro atoms. The summed E-state index contributed by atoms with van der Waals surface area (Å²) in [7, 11) is 1.37. The highest BCUT2D eigenvalue weighted by Gasteiger charge is 2.29. The Hall–Kier alpha value is -3.09. The van der Waals surface area contributed by atoms with Crippen LogP contribution in [0.2, 0.25) is 0 Å². The van der Waals surface area contributed by atoms with Crippen LogP contribution in [0, 0.1) is 19.8 Å². The van der Waals surface area contributed by atoms with Crippen molar-refractivity contribution >= 4 is 22.8 Å². The van der Waals surface area contributed by atoms with E-state index in [4.69, 9.17) is 13.9 Å². The second-order valence-corrected chi connectivity index (χ2v) is 8.23. The Bertz CT molecular complexity index is 1080. The molecule has 1 aromatic carbocycles. The van der Waals surface area contributed by atoms with Crippen molar-refractivity contribution in [2.75, 3.05) is 26.8 Å². The van der Waals surface area contributed by atoms with Gasteiger partial charge in [0.1, 0.15) is 17.9 Å². The van der Waals surface area contributed by atoms with Gasteiger partial charge in [-0.2, -0.15) is 0 Å². The molecule has 0 aliphatic carbocycles. The van der Waals surface area contributed by atoms with Gasteiger partial charge in [-0.1, -0.05) is 6.58 Å². The number of carbonyl (C=O) groups is 2. The molecule has 1 fully saturated rings. The second kappa shape index (κ2) is 9.37. The van der Waals surface area contributed by atoms with Crippen LogP contribution in [0.15, 0.2) is 33.5 Å². The Labute approximate surface area is 181 Å². The number of rotatable bonds is 6. The van der Waals surface area contributed by atoms with Gasteiger partial charge in [0.2, 0.25) is 5.91 Å². The number of fused-ring (bicyclic) bond motifs is 1. The molecule has 0 radical (unpaired) electrons. The predicted octanol–water partition coefficient (Wildman–Crippen LogP) is 3.32. The largest absolute Gasteiger partial charge is 0.488 e. The minimum absolute atomic E-state index is 0.0548. The number of carbonyl (C=O) groups excluding carboxylic acids is 2. The minimum Gasteiger partial charge on any atom is -0.488 e. The van der Waals surface area contributed by atoms with Gasteiger partial charge in [-0.05, 0) is 62.4 Å².